The molecule has 1 amide bonds. The zero-order valence-electron chi connectivity index (χ0n) is 10.2. The summed E-state index contributed by atoms with van der Waals surface area (Å²) in [6.45, 7) is 4.07. The molecule has 1 aromatic rings. The van der Waals surface area contributed by atoms with Crippen molar-refractivity contribution in [3.63, 3.8) is 0 Å². The van der Waals surface area contributed by atoms with Crippen molar-refractivity contribution < 1.29 is 4.79 Å². The van der Waals surface area contributed by atoms with Crippen molar-refractivity contribution in [3.05, 3.63) is 34.3 Å². The van der Waals surface area contributed by atoms with Gasteiger partial charge in [0, 0.05) is 17.6 Å². The topological polar surface area (TPSA) is 20.3 Å². The van der Waals surface area contributed by atoms with E-state index in [2.05, 4.69) is 22.9 Å². The van der Waals surface area contributed by atoms with Gasteiger partial charge in [0.05, 0.1) is 6.42 Å². The van der Waals surface area contributed by atoms with Crippen LogP contribution in [0.4, 0.5) is 0 Å². The molecule has 0 spiro atoms. The van der Waals surface area contributed by atoms with Crippen molar-refractivity contribution >= 4 is 21.8 Å². The van der Waals surface area contributed by atoms with Gasteiger partial charge >= 0.3 is 0 Å². The number of rotatable bonds is 2. The van der Waals surface area contributed by atoms with Crippen molar-refractivity contribution in [1.82, 2.24) is 4.90 Å². The lowest BCUT2D eigenvalue weighted by Gasteiger charge is -2.31. The van der Waals surface area contributed by atoms with E-state index in [1.807, 2.05) is 29.2 Å². The number of benzene rings is 1. The lowest BCUT2D eigenvalue weighted by molar-refractivity contribution is -0.132. The van der Waals surface area contributed by atoms with Crippen LogP contribution in [0, 0.1) is 5.92 Å². The number of likely N-dealkylation sites (tertiary alicyclic amines) is 1. The molecule has 0 N–H and O–H groups in total. The van der Waals surface area contributed by atoms with Gasteiger partial charge in [-0.1, -0.05) is 35.0 Å². The maximum absolute atomic E-state index is 12.1. The van der Waals surface area contributed by atoms with Crippen LogP contribution in [-0.4, -0.2) is 23.9 Å². The first kappa shape index (κ1) is 12.6. The maximum atomic E-state index is 12.1. The van der Waals surface area contributed by atoms with Gasteiger partial charge in [-0.05, 0) is 36.5 Å². The lowest BCUT2D eigenvalue weighted by atomic mass is 9.99. The minimum atomic E-state index is 0.259. The van der Waals surface area contributed by atoms with E-state index in [0.29, 0.717) is 12.3 Å². The average molecular weight is 296 g/mol. The number of hydrogen-bond donors (Lipinski definition) is 0. The van der Waals surface area contributed by atoms with Crippen LogP contribution in [0.25, 0.3) is 0 Å². The van der Waals surface area contributed by atoms with Gasteiger partial charge in [-0.3, -0.25) is 4.79 Å². The molecular weight excluding hydrogens is 278 g/mol. The number of hydrogen-bond acceptors (Lipinski definition) is 1. The number of nitrogens with zero attached hydrogens (tertiary/aromatic N) is 1. The molecule has 0 bridgehead atoms. The molecule has 1 aliphatic heterocycles. The zero-order valence-corrected chi connectivity index (χ0v) is 11.7. The van der Waals surface area contributed by atoms with E-state index < -0.39 is 0 Å². The lowest BCUT2D eigenvalue weighted by Crippen LogP contribution is -2.39. The monoisotopic (exact) mass is 295 g/mol. The minimum absolute atomic E-state index is 0.259. The van der Waals surface area contributed by atoms with Gasteiger partial charge in [-0.15, -0.1) is 0 Å². The third-order valence-electron chi connectivity index (χ3n) is 3.25. The summed E-state index contributed by atoms with van der Waals surface area (Å²) in [6, 6.07) is 7.99. The second-order valence-corrected chi connectivity index (χ2v) is 5.81. The summed E-state index contributed by atoms with van der Waals surface area (Å²) in [6.07, 6.45) is 2.91. The molecule has 0 radical (unpaired) electrons. The first-order valence-electron chi connectivity index (χ1n) is 6.17. The number of carbonyl (C=O) groups is 1. The van der Waals surface area contributed by atoms with E-state index in [0.717, 1.165) is 29.5 Å². The Kier molecular flexibility index (Phi) is 4.21. The van der Waals surface area contributed by atoms with E-state index in [9.17, 15) is 4.79 Å². The first-order valence-corrected chi connectivity index (χ1v) is 6.96. The molecule has 3 heteroatoms. The Morgan fingerprint density at radius 3 is 3.06 bits per heavy atom. The van der Waals surface area contributed by atoms with Gasteiger partial charge in [0.2, 0.25) is 5.91 Å². The predicted molar refractivity (Wildman–Crippen MR) is 72.8 cm³/mol. The Morgan fingerprint density at radius 2 is 2.35 bits per heavy atom. The highest BCUT2D eigenvalue weighted by molar-refractivity contribution is 9.10. The molecule has 92 valence electrons. The van der Waals surface area contributed by atoms with Crippen LogP contribution in [0.1, 0.15) is 25.3 Å². The molecular formula is C14H18BrNO. The largest absolute Gasteiger partial charge is 0.342 e. The number of amides is 1. The first-order chi connectivity index (χ1) is 8.15. The molecule has 17 heavy (non-hydrogen) atoms. The summed E-state index contributed by atoms with van der Waals surface area (Å²) in [4.78, 5) is 14.1. The number of piperidine rings is 1. The van der Waals surface area contributed by atoms with E-state index >= 15 is 0 Å². The van der Waals surface area contributed by atoms with Gasteiger partial charge in [0.15, 0.2) is 0 Å². The average Bonchev–Trinajstić information content (AvgIpc) is 2.29. The van der Waals surface area contributed by atoms with Crippen LogP contribution in [0.15, 0.2) is 28.7 Å². The third-order valence-corrected chi connectivity index (χ3v) is 3.75. The highest BCUT2D eigenvalue weighted by atomic mass is 79.9. The second-order valence-electron chi connectivity index (χ2n) is 4.89. The van der Waals surface area contributed by atoms with Gasteiger partial charge in [-0.2, -0.15) is 0 Å². The fourth-order valence-corrected chi connectivity index (χ4v) is 2.80. The van der Waals surface area contributed by atoms with Gasteiger partial charge < -0.3 is 4.90 Å². The van der Waals surface area contributed by atoms with Crippen molar-refractivity contribution in [2.45, 2.75) is 26.2 Å². The van der Waals surface area contributed by atoms with Crippen LogP contribution in [-0.2, 0) is 11.2 Å². The Labute approximate surface area is 111 Å². The minimum Gasteiger partial charge on any atom is -0.342 e. The fraction of sp³-hybridized carbons (Fsp3) is 0.500. The molecule has 1 unspecified atom stereocenters. The van der Waals surface area contributed by atoms with Crippen molar-refractivity contribution in [3.8, 4) is 0 Å². The maximum Gasteiger partial charge on any atom is 0.226 e. The van der Waals surface area contributed by atoms with Crippen LogP contribution in [0.2, 0.25) is 0 Å². The third kappa shape index (κ3) is 3.56. The van der Waals surface area contributed by atoms with Crippen molar-refractivity contribution in [2.75, 3.05) is 13.1 Å². The molecule has 0 aliphatic carbocycles. The smallest absolute Gasteiger partial charge is 0.226 e. The van der Waals surface area contributed by atoms with Gasteiger partial charge in [-0.25, -0.2) is 0 Å². The van der Waals surface area contributed by atoms with Crippen molar-refractivity contribution in [2.24, 2.45) is 5.92 Å². The number of carbonyl (C=O) groups excluding carboxylic acids is 1. The normalized spacial score (nSPS) is 20.4. The summed E-state index contributed by atoms with van der Waals surface area (Å²) in [5.41, 5.74) is 1.09. The highest BCUT2D eigenvalue weighted by Gasteiger charge is 2.20. The Hall–Kier alpha value is -0.830. The summed E-state index contributed by atoms with van der Waals surface area (Å²) >= 11 is 3.43. The Balaban J connectivity index is 1.96. The van der Waals surface area contributed by atoms with Crippen LogP contribution >= 0.6 is 15.9 Å². The molecule has 2 rings (SSSR count). The predicted octanol–water partition coefficient (Wildman–Crippen LogP) is 3.25. The molecule has 0 aromatic heterocycles. The molecule has 1 aromatic carbocycles. The van der Waals surface area contributed by atoms with E-state index in [-0.39, 0.29) is 5.91 Å². The molecule has 2 nitrogen and oxygen atoms in total. The van der Waals surface area contributed by atoms with Gasteiger partial charge in [0.1, 0.15) is 0 Å². The van der Waals surface area contributed by atoms with Crippen LogP contribution < -0.4 is 0 Å². The van der Waals surface area contributed by atoms with Crippen LogP contribution in [0.5, 0.6) is 0 Å². The summed E-state index contributed by atoms with van der Waals surface area (Å²) in [5, 5.41) is 0. The fourth-order valence-electron chi connectivity index (χ4n) is 2.35. The highest BCUT2D eigenvalue weighted by Crippen LogP contribution is 2.17. The second kappa shape index (κ2) is 5.67. The summed E-state index contributed by atoms with van der Waals surface area (Å²) in [7, 11) is 0. The zero-order chi connectivity index (χ0) is 12.3. The number of halogens is 1. The summed E-state index contributed by atoms with van der Waals surface area (Å²) in [5.74, 6) is 0.907. The van der Waals surface area contributed by atoms with Crippen molar-refractivity contribution in [1.29, 1.82) is 0 Å². The van der Waals surface area contributed by atoms with E-state index in [4.69, 9.17) is 0 Å². The molecule has 1 aliphatic rings. The SMILES string of the molecule is CC1CCCN(C(=O)Cc2cccc(Br)c2)C1. The standard InChI is InChI=1S/C14H18BrNO/c1-11-4-3-7-16(10-11)14(17)9-12-5-2-6-13(15)8-12/h2,5-6,8,11H,3-4,7,9-10H2,1H3. The molecule has 1 saturated heterocycles. The molecule has 1 fully saturated rings. The van der Waals surface area contributed by atoms with E-state index in [1.54, 1.807) is 0 Å². The Bertz CT molecular complexity index is 405. The molecule has 0 saturated carbocycles. The quantitative estimate of drug-likeness (QED) is 0.820. The molecule has 1 atom stereocenters. The van der Waals surface area contributed by atoms with Gasteiger partial charge in [0.25, 0.3) is 0 Å². The van der Waals surface area contributed by atoms with E-state index in [1.165, 1.54) is 6.42 Å². The Morgan fingerprint density at radius 1 is 1.53 bits per heavy atom. The molecule has 1 heterocycles. The van der Waals surface area contributed by atoms with Crippen LogP contribution in [0.3, 0.4) is 0 Å². The summed E-state index contributed by atoms with van der Waals surface area (Å²) < 4.78 is 1.04.